The number of carboxylic acids is 1. The first-order valence-electron chi connectivity index (χ1n) is 8.69. The number of aliphatic carboxylic acids is 1. The quantitative estimate of drug-likeness (QED) is 0.501. The van der Waals surface area contributed by atoms with Crippen molar-refractivity contribution < 1.29 is 14.8 Å². The largest absolute Gasteiger partial charge is 0.481 e. The molecule has 0 saturated carbocycles. The van der Waals surface area contributed by atoms with Crippen LogP contribution in [0.3, 0.4) is 0 Å². The van der Waals surface area contributed by atoms with Crippen LogP contribution < -0.4 is 5.32 Å². The molecule has 6 heteroatoms. The van der Waals surface area contributed by atoms with E-state index < -0.39 is 5.97 Å². The highest BCUT2D eigenvalue weighted by atomic mass is 16.6. The summed E-state index contributed by atoms with van der Waals surface area (Å²) in [5.41, 5.74) is 1.92. The molecule has 0 fully saturated rings. The first kappa shape index (κ1) is 19.6. The van der Waals surface area contributed by atoms with Crippen LogP contribution in [0.5, 0.6) is 0 Å². The van der Waals surface area contributed by atoms with E-state index in [9.17, 15) is 14.9 Å². The average Bonchev–Trinajstić information content (AvgIpc) is 2.60. The van der Waals surface area contributed by atoms with E-state index in [-0.39, 0.29) is 29.1 Å². The molecule has 2 aromatic rings. The van der Waals surface area contributed by atoms with Crippen molar-refractivity contribution >= 4 is 11.7 Å². The van der Waals surface area contributed by atoms with Crippen molar-refractivity contribution in [1.29, 1.82) is 0 Å². The number of hydrogen-bond acceptors (Lipinski definition) is 4. The average molecular weight is 356 g/mol. The number of benzene rings is 2. The summed E-state index contributed by atoms with van der Waals surface area (Å²) in [5, 5.41) is 23.6. The van der Waals surface area contributed by atoms with Crippen molar-refractivity contribution in [1.82, 2.24) is 5.32 Å². The number of para-hydroxylation sites is 1. The van der Waals surface area contributed by atoms with Gasteiger partial charge in [0.1, 0.15) is 0 Å². The highest BCUT2D eigenvalue weighted by molar-refractivity contribution is 5.66. The molecule has 6 nitrogen and oxygen atoms in total. The topological polar surface area (TPSA) is 92.5 Å². The summed E-state index contributed by atoms with van der Waals surface area (Å²) >= 11 is 0. The Morgan fingerprint density at radius 3 is 2.42 bits per heavy atom. The van der Waals surface area contributed by atoms with Gasteiger partial charge in [-0.1, -0.05) is 48.5 Å². The monoisotopic (exact) mass is 356 g/mol. The molecular formula is C20H24N2O4. The molecule has 2 atom stereocenters. The van der Waals surface area contributed by atoms with Crippen molar-refractivity contribution in [3.05, 3.63) is 75.8 Å². The van der Waals surface area contributed by atoms with Gasteiger partial charge >= 0.3 is 5.97 Å². The lowest BCUT2D eigenvalue weighted by molar-refractivity contribution is -0.385. The molecule has 138 valence electrons. The first-order chi connectivity index (χ1) is 12.5. The van der Waals surface area contributed by atoms with Crippen molar-refractivity contribution in [2.45, 2.75) is 44.7 Å². The molecule has 2 rings (SSSR count). The number of nitro groups is 1. The second kappa shape index (κ2) is 9.68. The molecule has 2 unspecified atom stereocenters. The van der Waals surface area contributed by atoms with E-state index in [0.717, 1.165) is 12.0 Å². The van der Waals surface area contributed by atoms with Crippen molar-refractivity contribution in [2.24, 2.45) is 0 Å². The molecule has 0 aliphatic carbocycles. The SMILES string of the molecule is CC(Cc1ccccc1[N+](=O)[O-])NC(CCC(=O)O)Cc1ccccc1. The highest BCUT2D eigenvalue weighted by Crippen LogP contribution is 2.19. The smallest absolute Gasteiger partial charge is 0.303 e. The van der Waals surface area contributed by atoms with Gasteiger partial charge in [-0.3, -0.25) is 14.9 Å². The van der Waals surface area contributed by atoms with Crippen LogP contribution in [0, 0.1) is 10.1 Å². The van der Waals surface area contributed by atoms with Crippen molar-refractivity contribution in [3.8, 4) is 0 Å². The summed E-state index contributed by atoms with van der Waals surface area (Å²) in [6, 6.07) is 16.6. The van der Waals surface area contributed by atoms with Gasteiger partial charge in [0, 0.05) is 30.1 Å². The minimum Gasteiger partial charge on any atom is -0.481 e. The molecule has 2 aromatic carbocycles. The predicted octanol–water partition coefficient (Wildman–Crippen LogP) is 3.59. The van der Waals surface area contributed by atoms with E-state index >= 15 is 0 Å². The van der Waals surface area contributed by atoms with E-state index in [2.05, 4.69) is 5.32 Å². The van der Waals surface area contributed by atoms with E-state index in [1.807, 2.05) is 37.3 Å². The molecule has 2 N–H and O–H groups in total. The second-order valence-corrected chi connectivity index (χ2v) is 6.48. The first-order valence-corrected chi connectivity index (χ1v) is 8.69. The number of carbonyl (C=O) groups is 1. The molecule has 0 heterocycles. The van der Waals surface area contributed by atoms with E-state index in [1.54, 1.807) is 18.2 Å². The molecule has 0 amide bonds. The van der Waals surface area contributed by atoms with Crippen LogP contribution in [0.25, 0.3) is 0 Å². The number of hydrogen-bond donors (Lipinski definition) is 2. The fourth-order valence-electron chi connectivity index (χ4n) is 3.09. The number of rotatable bonds is 10. The van der Waals surface area contributed by atoms with Gasteiger partial charge in [-0.25, -0.2) is 0 Å². The van der Waals surface area contributed by atoms with Crippen LogP contribution in [0.2, 0.25) is 0 Å². The third-order valence-corrected chi connectivity index (χ3v) is 4.27. The van der Waals surface area contributed by atoms with Gasteiger partial charge in [0.25, 0.3) is 5.69 Å². The zero-order valence-corrected chi connectivity index (χ0v) is 14.8. The van der Waals surface area contributed by atoms with Gasteiger partial charge < -0.3 is 10.4 Å². The summed E-state index contributed by atoms with van der Waals surface area (Å²) in [4.78, 5) is 21.7. The predicted molar refractivity (Wildman–Crippen MR) is 100 cm³/mol. The maximum atomic E-state index is 11.2. The summed E-state index contributed by atoms with van der Waals surface area (Å²) in [7, 11) is 0. The lowest BCUT2D eigenvalue weighted by atomic mass is 9.99. The Morgan fingerprint density at radius 1 is 1.12 bits per heavy atom. The minimum absolute atomic E-state index is 0.00808. The molecule has 0 aliphatic rings. The summed E-state index contributed by atoms with van der Waals surface area (Å²) in [5.74, 6) is -0.823. The Bertz CT molecular complexity index is 734. The molecule has 0 radical (unpaired) electrons. The zero-order valence-electron chi connectivity index (χ0n) is 14.8. The summed E-state index contributed by atoms with van der Waals surface area (Å²) in [6.45, 7) is 1.97. The highest BCUT2D eigenvalue weighted by Gasteiger charge is 2.18. The Hall–Kier alpha value is -2.73. The Kier molecular flexibility index (Phi) is 7.29. The number of nitrogens with zero attached hydrogens (tertiary/aromatic N) is 1. The third kappa shape index (κ3) is 6.29. The van der Waals surface area contributed by atoms with Crippen molar-refractivity contribution in [2.75, 3.05) is 0 Å². The molecule has 0 aromatic heterocycles. The van der Waals surface area contributed by atoms with Gasteiger partial charge in [0.05, 0.1) is 4.92 Å². The third-order valence-electron chi connectivity index (χ3n) is 4.27. The molecular weight excluding hydrogens is 332 g/mol. The standard InChI is InChI=1S/C20H24N2O4/c1-15(13-17-9-5-6-10-19(17)22(25)26)21-18(11-12-20(23)24)14-16-7-3-2-4-8-16/h2-10,15,18,21H,11-14H2,1H3,(H,23,24). The van der Waals surface area contributed by atoms with Gasteiger partial charge in [-0.15, -0.1) is 0 Å². The Labute approximate surface area is 153 Å². The van der Waals surface area contributed by atoms with Gasteiger partial charge in [0.15, 0.2) is 0 Å². The van der Waals surface area contributed by atoms with E-state index in [0.29, 0.717) is 18.4 Å². The lowest BCUT2D eigenvalue weighted by Gasteiger charge is -2.23. The number of nitrogens with one attached hydrogen (secondary N) is 1. The van der Waals surface area contributed by atoms with Crippen LogP contribution in [-0.4, -0.2) is 28.1 Å². The lowest BCUT2D eigenvalue weighted by Crippen LogP contribution is -2.39. The van der Waals surface area contributed by atoms with Gasteiger partial charge in [-0.2, -0.15) is 0 Å². The molecule has 0 aliphatic heterocycles. The van der Waals surface area contributed by atoms with E-state index in [1.165, 1.54) is 6.07 Å². The van der Waals surface area contributed by atoms with E-state index in [4.69, 9.17) is 5.11 Å². The minimum atomic E-state index is -0.823. The number of nitro benzene ring substituents is 1. The summed E-state index contributed by atoms with van der Waals surface area (Å²) in [6.07, 6.45) is 1.82. The maximum absolute atomic E-state index is 11.2. The fourth-order valence-corrected chi connectivity index (χ4v) is 3.09. The van der Waals surface area contributed by atoms with Crippen LogP contribution in [0.15, 0.2) is 54.6 Å². The van der Waals surface area contributed by atoms with Gasteiger partial charge in [-0.05, 0) is 31.7 Å². The van der Waals surface area contributed by atoms with Crippen LogP contribution in [0.1, 0.15) is 30.9 Å². The Balaban J connectivity index is 2.04. The summed E-state index contributed by atoms with van der Waals surface area (Å²) < 4.78 is 0. The van der Waals surface area contributed by atoms with Crippen LogP contribution in [-0.2, 0) is 17.6 Å². The molecule has 0 saturated heterocycles. The van der Waals surface area contributed by atoms with Gasteiger partial charge in [0.2, 0.25) is 0 Å². The number of carboxylic acid groups (broad SMARTS) is 1. The van der Waals surface area contributed by atoms with Crippen LogP contribution in [0.4, 0.5) is 5.69 Å². The normalized spacial score (nSPS) is 13.1. The molecule has 26 heavy (non-hydrogen) atoms. The Morgan fingerprint density at radius 2 is 1.77 bits per heavy atom. The second-order valence-electron chi connectivity index (χ2n) is 6.48. The fraction of sp³-hybridized carbons (Fsp3) is 0.350. The molecule has 0 spiro atoms. The zero-order chi connectivity index (χ0) is 18.9. The van der Waals surface area contributed by atoms with Crippen LogP contribution >= 0.6 is 0 Å². The van der Waals surface area contributed by atoms with Crippen molar-refractivity contribution in [3.63, 3.8) is 0 Å². The maximum Gasteiger partial charge on any atom is 0.303 e. The molecule has 0 bridgehead atoms.